The number of hydrogen-bond acceptors (Lipinski definition) is 4. The van der Waals surface area contributed by atoms with Crippen molar-refractivity contribution in [2.45, 2.75) is 43.4 Å². The highest BCUT2D eigenvalue weighted by Gasteiger charge is 2.33. The SMILES string of the molecule is CN=C(NCc1ccc(S(=O)(=O)NC)cc1)NC1CC(C)(C)Oc2ccccc21. The van der Waals surface area contributed by atoms with E-state index in [1.54, 1.807) is 31.3 Å². The fourth-order valence-corrected chi connectivity index (χ4v) is 4.11. The zero-order chi connectivity index (χ0) is 21.1. The Labute approximate surface area is 172 Å². The summed E-state index contributed by atoms with van der Waals surface area (Å²) in [6, 6.07) is 14.9. The molecule has 1 unspecified atom stereocenters. The van der Waals surface area contributed by atoms with Crippen molar-refractivity contribution in [3.8, 4) is 5.75 Å². The molecule has 0 radical (unpaired) electrons. The van der Waals surface area contributed by atoms with E-state index in [-0.39, 0.29) is 16.5 Å². The molecule has 156 valence electrons. The van der Waals surface area contributed by atoms with Crippen LogP contribution in [0.5, 0.6) is 5.75 Å². The maximum atomic E-state index is 11.8. The zero-order valence-corrected chi connectivity index (χ0v) is 18.0. The first kappa shape index (κ1) is 21.1. The quantitative estimate of drug-likeness (QED) is 0.515. The summed E-state index contributed by atoms with van der Waals surface area (Å²) in [5.74, 6) is 1.56. The van der Waals surface area contributed by atoms with Gasteiger partial charge in [-0.25, -0.2) is 13.1 Å². The Bertz CT molecular complexity index is 985. The van der Waals surface area contributed by atoms with E-state index in [1.165, 1.54) is 7.05 Å². The van der Waals surface area contributed by atoms with Crippen LogP contribution < -0.4 is 20.1 Å². The number of aliphatic imine (C=N–C) groups is 1. The van der Waals surface area contributed by atoms with Crippen molar-refractivity contribution in [2.24, 2.45) is 4.99 Å². The third kappa shape index (κ3) is 5.07. The van der Waals surface area contributed by atoms with E-state index < -0.39 is 10.0 Å². The number of sulfonamides is 1. The molecule has 0 aromatic heterocycles. The monoisotopic (exact) mass is 416 g/mol. The third-order valence-electron chi connectivity index (χ3n) is 4.87. The normalized spacial score (nSPS) is 18.5. The van der Waals surface area contributed by atoms with Crippen LogP contribution in [-0.2, 0) is 16.6 Å². The first-order valence-electron chi connectivity index (χ1n) is 9.52. The Balaban J connectivity index is 1.67. The van der Waals surface area contributed by atoms with Crippen molar-refractivity contribution in [3.05, 3.63) is 59.7 Å². The fraction of sp³-hybridized carbons (Fsp3) is 0.381. The summed E-state index contributed by atoms with van der Waals surface area (Å²) in [6.07, 6.45) is 0.807. The van der Waals surface area contributed by atoms with E-state index >= 15 is 0 Å². The minimum Gasteiger partial charge on any atom is -0.487 e. The Morgan fingerprint density at radius 2 is 1.86 bits per heavy atom. The largest absolute Gasteiger partial charge is 0.487 e. The van der Waals surface area contributed by atoms with Gasteiger partial charge in [0.05, 0.1) is 10.9 Å². The summed E-state index contributed by atoms with van der Waals surface area (Å²) >= 11 is 0. The number of nitrogens with one attached hydrogen (secondary N) is 3. The van der Waals surface area contributed by atoms with Gasteiger partial charge in [-0.05, 0) is 44.7 Å². The summed E-state index contributed by atoms with van der Waals surface area (Å²) < 4.78 is 32.1. The molecule has 0 saturated carbocycles. The van der Waals surface area contributed by atoms with Gasteiger partial charge in [0, 0.05) is 25.6 Å². The molecule has 0 amide bonds. The molecule has 2 aromatic rings. The van der Waals surface area contributed by atoms with Gasteiger partial charge in [-0.15, -0.1) is 0 Å². The van der Waals surface area contributed by atoms with Gasteiger partial charge in [-0.1, -0.05) is 30.3 Å². The molecular formula is C21H28N4O3S. The topological polar surface area (TPSA) is 91.8 Å². The number of nitrogens with zero attached hydrogens (tertiary/aromatic N) is 1. The van der Waals surface area contributed by atoms with Crippen molar-refractivity contribution in [1.82, 2.24) is 15.4 Å². The first-order chi connectivity index (χ1) is 13.7. The second-order valence-corrected chi connectivity index (χ2v) is 9.46. The molecule has 0 bridgehead atoms. The van der Waals surface area contributed by atoms with E-state index in [0.29, 0.717) is 12.5 Å². The lowest BCUT2D eigenvalue weighted by molar-refractivity contribution is 0.0694. The predicted octanol–water partition coefficient (Wildman–Crippen LogP) is 2.56. The smallest absolute Gasteiger partial charge is 0.240 e. The molecule has 2 aromatic carbocycles. The molecule has 1 atom stereocenters. The lowest BCUT2D eigenvalue weighted by atomic mass is 9.90. The maximum absolute atomic E-state index is 11.8. The Hall–Kier alpha value is -2.58. The van der Waals surface area contributed by atoms with Crippen LogP contribution in [-0.4, -0.2) is 34.1 Å². The van der Waals surface area contributed by atoms with Gasteiger partial charge in [0.25, 0.3) is 0 Å². The number of guanidine groups is 1. The summed E-state index contributed by atoms with van der Waals surface area (Å²) in [5.41, 5.74) is 1.78. The average Bonchev–Trinajstić information content (AvgIpc) is 2.70. The molecule has 0 aliphatic carbocycles. The molecule has 1 heterocycles. The Morgan fingerprint density at radius 1 is 1.17 bits per heavy atom. The van der Waals surface area contributed by atoms with Crippen molar-refractivity contribution in [3.63, 3.8) is 0 Å². The number of fused-ring (bicyclic) bond motifs is 1. The predicted molar refractivity (Wildman–Crippen MR) is 115 cm³/mol. The minimum atomic E-state index is -3.43. The van der Waals surface area contributed by atoms with Crippen LogP contribution in [0.15, 0.2) is 58.4 Å². The van der Waals surface area contributed by atoms with Gasteiger partial charge in [-0.2, -0.15) is 0 Å². The minimum absolute atomic E-state index is 0.0734. The summed E-state index contributed by atoms with van der Waals surface area (Å²) in [6.45, 7) is 4.68. The molecule has 3 N–H and O–H groups in total. The van der Waals surface area contributed by atoms with E-state index in [0.717, 1.165) is 23.3 Å². The van der Waals surface area contributed by atoms with Crippen LogP contribution in [0.2, 0.25) is 0 Å². The number of ether oxygens (including phenoxy) is 1. The van der Waals surface area contributed by atoms with Crippen LogP contribution in [0, 0.1) is 0 Å². The van der Waals surface area contributed by atoms with Gasteiger partial charge in [-0.3, -0.25) is 4.99 Å². The van der Waals surface area contributed by atoms with Gasteiger partial charge in [0.2, 0.25) is 10.0 Å². The van der Waals surface area contributed by atoms with E-state index in [9.17, 15) is 8.42 Å². The molecular weight excluding hydrogens is 388 g/mol. The lowest BCUT2D eigenvalue weighted by Crippen LogP contribution is -2.45. The molecule has 0 saturated heterocycles. The van der Waals surface area contributed by atoms with E-state index in [4.69, 9.17) is 4.74 Å². The summed E-state index contributed by atoms with van der Waals surface area (Å²) in [4.78, 5) is 4.58. The first-order valence-corrected chi connectivity index (χ1v) is 11.0. The number of rotatable bonds is 5. The molecule has 29 heavy (non-hydrogen) atoms. The van der Waals surface area contributed by atoms with E-state index in [2.05, 4.69) is 40.3 Å². The Morgan fingerprint density at radius 3 is 2.52 bits per heavy atom. The highest BCUT2D eigenvalue weighted by atomic mass is 32.2. The van der Waals surface area contributed by atoms with Gasteiger partial charge in [0.1, 0.15) is 11.4 Å². The van der Waals surface area contributed by atoms with Crippen molar-refractivity contribution >= 4 is 16.0 Å². The van der Waals surface area contributed by atoms with Gasteiger partial charge < -0.3 is 15.4 Å². The highest BCUT2D eigenvalue weighted by molar-refractivity contribution is 7.89. The molecule has 8 heteroatoms. The van der Waals surface area contributed by atoms with E-state index in [1.807, 2.05) is 18.2 Å². The average molecular weight is 417 g/mol. The number of benzene rings is 2. The molecule has 1 aliphatic heterocycles. The van der Waals surface area contributed by atoms with Crippen molar-refractivity contribution in [1.29, 1.82) is 0 Å². The molecule has 7 nitrogen and oxygen atoms in total. The van der Waals surface area contributed by atoms with Crippen LogP contribution in [0.25, 0.3) is 0 Å². The maximum Gasteiger partial charge on any atom is 0.240 e. The second kappa shape index (κ2) is 8.42. The third-order valence-corrected chi connectivity index (χ3v) is 6.30. The standard InChI is InChI=1S/C21H28N4O3S/c1-21(2)13-18(17-7-5-6-8-19(17)28-21)25-20(22-3)24-14-15-9-11-16(12-10-15)29(26,27)23-4/h5-12,18,23H,13-14H2,1-4H3,(H2,22,24,25). The number of para-hydroxylation sites is 1. The van der Waals surface area contributed by atoms with Crippen LogP contribution in [0.1, 0.15) is 37.4 Å². The van der Waals surface area contributed by atoms with Crippen LogP contribution >= 0.6 is 0 Å². The van der Waals surface area contributed by atoms with Crippen molar-refractivity contribution in [2.75, 3.05) is 14.1 Å². The fourth-order valence-electron chi connectivity index (χ4n) is 3.38. The summed E-state index contributed by atoms with van der Waals surface area (Å²) in [5, 5.41) is 6.78. The molecule has 3 rings (SSSR count). The zero-order valence-electron chi connectivity index (χ0n) is 17.2. The number of hydrogen-bond donors (Lipinski definition) is 3. The second-order valence-electron chi connectivity index (χ2n) is 7.58. The lowest BCUT2D eigenvalue weighted by Gasteiger charge is -2.38. The van der Waals surface area contributed by atoms with Crippen molar-refractivity contribution < 1.29 is 13.2 Å². The highest BCUT2D eigenvalue weighted by Crippen LogP contribution is 2.39. The summed E-state index contributed by atoms with van der Waals surface area (Å²) in [7, 11) is -0.298. The molecule has 1 aliphatic rings. The van der Waals surface area contributed by atoms with Gasteiger partial charge in [0.15, 0.2) is 5.96 Å². The van der Waals surface area contributed by atoms with Crippen LogP contribution in [0.3, 0.4) is 0 Å². The Kier molecular flexibility index (Phi) is 6.14. The molecule has 0 spiro atoms. The molecule has 0 fully saturated rings. The van der Waals surface area contributed by atoms with Gasteiger partial charge >= 0.3 is 0 Å². The van der Waals surface area contributed by atoms with Crippen LogP contribution in [0.4, 0.5) is 0 Å².